The molecule has 2 N–H and O–H groups in total. The minimum absolute atomic E-state index is 0.147. The van der Waals surface area contributed by atoms with E-state index in [1.165, 1.54) is 12.1 Å². The average molecular weight is 570 g/mol. The second-order valence-corrected chi connectivity index (χ2v) is 11.9. The van der Waals surface area contributed by atoms with Crippen LogP contribution in [0.3, 0.4) is 0 Å². The molecule has 0 saturated heterocycles. The summed E-state index contributed by atoms with van der Waals surface area (Å²) in [6.45, 7) is 6.78. The van der Waals surface area contributed by atoms with Crippen molar-refractivity contribution in [1.82, 2.24) is 14.9 Å². The normalized spacial score (nSPS) is 12.2. The number of halogens is 1. The third-order valence-electron chi connectivity index (χ3n) is 6.14. The molecule has 3 aromatic rings. The number of carbonyl (C=O) groups excluding carboxylic acids is 2. The Hall–Kier alpha value is -3.20. The van der Waals surface area contributed by atoms with Gasteiger partial charge in [0.05, 0.1) is 4.90 Å². The third kappa shape index (κ3) is 8.92. The van der Waals surface area contributed by atoms with Crippen molar-refractivity contribution in [3.05, 3.63) is 101 Å². The summed E-state index contributed by atoms with van der Waals surface area (Å²) >= 11 is 6.08. The van der Waals surface area contributed by atoms with Gasteiger partial charge in [-0.15, -0.1) is 0 Å². The second-order valence-electron chi connectivity index (χ2n) is 9.75. The molecule has 3 aromatic carbocycles. The number of nitrogens with zero attached hydrogens (tertiary/aromatic N) is 1. The van der Waals surface area contributed by atoms with Gasteiger partial charge in [-0.2, -0.15) is 0 Å². The van der Waals surface area contributed by atoms with E-state index < -0.39 is 16.1 Å². The van der Waals surface area contributed by atoms with E-state index in [0.717, 1.165) is 16.7 Å². The molecule has 0 aliphatic heterocycles. The number of nitrogens with one attached hydrogen (secondary N) is 2. The van der Waals surface area contributed by atoms with Crippen LogP contribution in [0.4, 0.5) is 0 Å². The van der Waals surface area contributed by atoms with Crippen LogP contribution in [-0.2, 0) is 32.6 Å². The van der Waals surface area contributed by atoms with Crippen molar-refractivity contribution in [2.75, 3.05) is 13.1 Å². The molecule has 0 bridgehead atoms. The molecule has 0 saturated carbocycles. The van der Waals surface area contributed by atoms with E-state index in [-0.39, 0.29) is 35.6 Å². The minimum Gasteiger partial charge on any atom is -0.354 e. The highest BCUT2D eigenvalue weighted by Crippen LogP contribution is 2.26. The number of aryl methyl sites for hydroxylation is 1. The standard InChI is InChI=1S/C30H36ClN3O4S/c1-4-33-39(37,38)27-17-12-23(13-18-27)14-19-28(35)34(21-24-10-15-26(31)16-11-24)29(25-8-6-5-7-9-25)30(36)32-20-22(2)3/h5-13,15-18,22,29,33H,4,14,19-21H2,1-3H3,(H,32,36). The van der Waals surface area contributed by atoms with Crippen molar-refractivity contribution in [2.24, 2.45) is 5.92 Å². The molecule has 0 aliphatic carbocycles. The van der Waals surface area contributed by atoms with E-state index >= 15 is 0 Å². The Labute approximate surface area is 236 Å². The van der Waals surface area contributed by atoms with Crippen molar-refractivity contribution in [1.29, 1.82) is 0 Å². The largest absolute Gasteiger partial charge is 0.354 e. The van der Waals surface area contributed by atoms with Gasteiger partial charge < -0.3 is 10.2 Å². The molecular formula is C30H36ClN3O4S. The van der Waals surface area contributed by atoms with Crippen LogP contribution in [0.25, 0.3) is 0 Å². The molecule has 7 nitrogen and oxygen atoms in total. The summed E-state index contributed by atoms with van der Waals surface area (Å²) in [4.78, 5) is 29.1. The zero-order chi connectivity index (χ0) is 28.4. The second kappa shape index (κ2) is 14.3. The minimum atomic E-state index is -3.55. The lowest BCUT2D eigenvalue weighted by molar-refractivity contribution is -0.141. The SMILES string of the molecule is CCNS(=O)(=O)c1ccc(CCC(=O)N(Cc2ccc(Cl)cc2)C(C(=O)NCC(C)C)c2ccccc2)cc1. The first-order valence-electron chi connectivity index (χ1n) is 13.1. The first-order chi connectivity index (χ1) is 18.6. The number of amides is 2. The molecule has 0 spiro atoms. The van der Waals surface area contributed by atoms with Gasteiger partial charge in [0.25, 0.3) is 0 Å². The van der Waals surface area contributed by atoms with Crippen LogP contribution >= 0.6 is 11.6 Å². The maximum Gasteiger partial charge on any atom is 0.247 e. The molecule has 208 valence electrons. The van der Waals surface area contributed by atoms with Crippen LogP contribution in [-0.4, -0.2) is 38.2 Å². The van der Waals surface area contributed by atoms with Crippen LogP contribution in [0.2, 0.25) is 5.02 Å². The summed E-state index contributed by atoms with van der Waals surface area (Å²) in [6.07, 6.45) is 0.542. The van der Waals surface area contributed by atoms with E-state index in [4.69, 9.17) is 11.6 Å². The highest BCUT2D eigenvalue weighted by Gasteiger charge is 2.31. The van der Waals surface area contributed by atoms with Crippen molar-refractivity contribution in [3.63, 3.8) is 0 Å². The van der Waals surface area contributed by atoms with E-state index in [0.29, 0.717) is 24.5 Å². The summed E-state index contributed by atoms with van der Waals surface area (Å²) in [5.74, 6) is -0.178. The number of sulfonamides is 1. The van der Waals surface area contributed by atoms with Gasteiger partial charge >= 0.3 is 0 Å². The van der Waals surface area contributed by atoms with Gasteiger partial charge in [0.15, 0.2) is 0 Å². The lowest BCUT2D eigenvalue weighted by Crippen LogP contribution is -2.44. The smallest absolute Gasteiger partial charge is 0.247 e. The van der Waals surface area contributed by atoms with Gasteiger partial charge in [-0.3, -0.25) is 9.59 Å². The van der Waals surface area contributed by atoms with Crippen molar-refractivity contribution < 1.29 is 18.0 Å². The molecule has 39 heavy (non-hydrogen) atoms. The van der Waals surface area contributed by atoms with Crippen LogP contribution in [0.5, 0.6) is 0 Å². The number of benzene rings is 3. The first-order valence-corrected chi connectivity index (χ1v) is 14.9. The van der Waals surface area contributed by atoms with Crippen LogP contribution in [0, 0.1) is 5.92 Å². The lowest BCUT2D eigenvalue weighted by Gasteiger charge is -2.32. The Balaban J connectivity index is 1.88. The predicted molar refractivity (Wildman–Crippen MR) is 155 cm³/mol. The number of rotatable bonds is 13. The summed E-state index contributed by atoms with van der Waals surface area (Å²) in [7, 11) is -3.55. The molecule has 2 amide bonds. The topological polar surface area (TPSA) is 95.6 Å². The van der Waals surface area contributed by atoms with Gasteiger partial charge in [-0.25, -0.2) is 13.1 Å². The van der Waals surface area contributed by atoms with Crippen molar-refractivity contribution in [2.45, 2.75) is 51.1 Å². The summed E-state index contributed by atoms with van der Waals surface area (Å²) in [6, 6.07) is 22.2. The number of hydrogen-bond acceptors (Lipinski definition) is 4. The van der Waals surface area contributed by atoms with Crippen molar-refractivity contribution in [3.8, 4) is 0 Å². The van der Waals surface area contributed by atoms with E-state index in [9.17, 15) is 18.0 Å². The van der Waals surface area contributed by atoms with E-state index in [1.54, 1.807) is 36.1 Å². The molecule has 1 unspecified atom stereocenters. The van der Waals surface area contributed by atoms with Gasteiger partial charge in [0.2, 0.25) is 21.8 Å². The highest BCUT2D eigenvalue weighted by molar-refractivity contribution is 7.89. The van der Waals surface area contributed by atoms with Crippen LogP contribution in [0.1, 0.15) is 49.9 Å². The molecule has 0 aromatic heterocycles. The first kappa shape index (κ1) is 30.3. The Bertz CT molecular complexity index is 1330. The molecule has 0 aliphatic rings. The maximum absolute atomic E-state index is 13.8. The third-order valence-corrected chi connectivity index (χ3v) is 7.96. The Morgan fingerprint density at radius 3 is 2.10 bits per heavy atom. The van der Waals surface area contributed by atoms with Crippen molar-refractivity contribution >= 4 is 33.4 Å². The fraction of sp³-hybridized carbons (Fsp3) is 0.333. The highest BCUT2D eigenvalue weighted by atomic mass is 35.5. The fourth-order valence-electron chi connectivity index (χ4n) is 4.12. The van der Waals surface area contributed by atoms with E-state index in [2.05, 4.69) is 10.0 Å². The lowest BCUT2D eigenvalue weighted by atomic mass is 10.0. The molecule has 9 heteroatoms. The summed E-state index contributed by atoms with van der Waals surface area (Å²) in [5, 5.41) is 3.59. The molecule has 0 heterocycles. The van der Waals surface area contributed by atoms with Gasteiger partial charge in [0.1, 0.15) is 6.04 Å². The summed E-state index contributed by atoms with van der Waals surface area (Å²) < 4.78 is 27.0. The van der Waals surface area contributed by atoms with Gasteiger partial charge in [0, 0.05) is 31.1 Å². The molecule has 1 atom stereocenters. The Kier molecular flexibility index (Phi) is 11.1. The maximum atomic E-state index is 13.8. The number of hydrogen-bond donors (Lipinski definition) is 2. The number of carbonyl (C=O) groups is 2. The van der Waals surface area contributed by atoms with Gasteiger partial charge in [-0.1, -0.05) is 87.0 Å². The van der Waals surface area contributed by atoms with Crippen LogP contribution in [0.15, 0.2) is 83.8 Å². The molecular weight excluding hydrogens is 534 g/mol. The zero-order valence-corrected chi connectivity index (χ0v) is 24.1. The molecule has 0 radical (unpaired) electrons. The van der Waals surface area contributed by atoms with Gasteiger partial charge in [-0.05, 0) is 53.3 Å². The zero-order valence-electron chi connectivity index (χ0n) is 22.6. The van der Waals surface area contributed by atoms with E-state index in [1.807, 2.05) is 56.3 Å². The summed E-state index contributed by atoms with van der Waals surface area (Å²) in [5.41, 5.74) is 2.40. The quantitative estimate of drug-likeness (QED) is 0.299. The predicted octanol–water partition coefficient (Wildman–Crippen LogP) is 5.11. The average Bonchev–Trinajstić information content (AvgIpc) is 2.92. The molecule has 3 rings (SSSR count). The van der Waals surface area contributed by atoms with Crippen LogP contribution < -0.4 is 10.0 Å². The Morgan fingerprint density at radius 2 is 1.51 bits per heavy atom. The molecule has 0 fully saturated rings. The Morgan fingerprint density at radius 1 is 0.897 bits per heavy atom. The monoisotopic (exact) mass is 569 g/mol. The fourth-order valence-corrected chi connectivity index (χ4v) is 5.29.